The van der Waals surface area contributed by atoms with E-state index in [0.29, 0.717) is 16.9 Å². The van der Waals surface area contributed by atoms with Crippen molar-refractivity contribution in [1.82, 2.24) is 10.5 Å². The highest BCUT2D eigenvalue weighted by Crippen LogP contribution is 2.20. The molecular formula is C14H16FN3O3. The van der Waals surface area contributed by atoms with Crippen LogP contribution in [0.3, 0.4) is 0 Å². The van der Waals surface area contributed by atoms with Crippen LogP contribution in [-0.4, -0.2) is 22.8 Å². The summed E-state index contributed by atoms with van der Waals surface area (Å²) in [5.41, 5.74) is 0.198. The van der Waals surface area contributed by atoms with Crippen LogP contribution < -0.4 is 10.6 Å². The Kier molecular flexibility index (Phi) is 4.23. The maximum Gasteiger partial charge on any atom is 0.319 e. The van der Waals surface area contributed by atoms with Gasteiger partial charge in [-0.2, -0.15) is 0 Å². The van der Waals surface area contributed by atoms with Crippen molar-refractivity contribution in [1.29, 1.82) is 0 Å². The maximum atomic E-state index is 12.9. The minimum atomic E-state index is -1.31. The number of nitrogens with zero attached hydrogens (tertiary/aromatic N) is 1. The summed E-state index contributed by atoms with van der Waals surface area (Å²) >= 11 is 0. The van der Waals surface area contributed by atoms with Gasteiger partial charge in [0.1, 0.15) is 29.1 Å². The largest absolute Gasteiger partial charge is 0.384 e. The molecule has 3 N–H and O–H groups in total. The first-order chi connectivity index (χ1) is 9.88. The SMILES string of the molecule is Cc1nocc1NC(=O)NCC(C)(O)c1ccc(F)cc1. The number of hydrogen-bond donors (Lipinski definition) is 3. The minimum Gasteiger partial charge on any atom is -0.384 e. The molecule has 1 aromatic carbocycles. The second-order valence-corrected chi connectivity index (χ2v) is 4.90. The summed E-state index contributed by atoms with van der Waals surface area (Å²) < 4.78 is 17.6. The number of nitrogens with one attached hydrogen (secondary N) is 2. The fourth-order valence-electron chi connectivity index (χ4n) is 1.74. The molecule has 7 heteroatoms. The monoisotopic (exact) mass is 293 g/mol. The molecule has 1 atom stereocenters. The van der Waals surface area contributed by atoms with Gasteiger partial charge in [-0.3, -0.25) is 0 Å². The highest BCUT2D eigenvalue weighted by atomic mass is 19.1. The molecule has 2 aromatic rings. The Labute approximate surface area is 120 Å². The Balaban J connectivity index is 1.93. The molecule has 0 aliphatic rings. The topological polar surface area (TPSA) is 87.4 Å². The fraction of sp³-hybridized carbons (Fsp3) is 0.286. The lowest BCUT2D eigenvalue weighted by Crippen LogP contribution is -2.40. The lowest BCUT2D eigenvalue weighted by Gasteiger charge is -2.24. The predicted molar refractivity (Wildman–Crippen MR) is 74.2 cm³/mol. The summed E-state index contributed by atoms with van der Waals surface area (Å²) in [6.45, 7) is 3.19. The number of aromatic nitrogens is 1. The smallest absolute Gasteiger partial charge is 0.319 e. The molecule has 0 spiro atoms. The fourth-order valence-corrected chi connectivity index (χ4v) is 1.74. The number of aryl methyl sites for hydroxylation is 1. The molecule has 1 heterocycles. The van der Waals surface area contributed by atoms with Crippen LogP contribution in [0.15, 0.2) is 35.1 Å². The lowest BCUT2D eigenvalue weighted by atomic mass is 9.96. The van der Waals surface area contributed by atoms with Crippen LogP contribution in [0.4, 0.5) is 14.9 Å². The Morgan fingerprint density at radius 2 is 2.10 bits per heavy atom. The van der Waals surface area contributed by atoms with Gasteiger partial charge in [0, 0.05) is 0 Å². The van der Waals surface area contributed by atoms with E-state index in [1.54, 1.807) is 6.92 Å². The molecule has 1 aromatic heterocycles. The van der Waals surface area contributed by atoms with E-state index in [1.165, 1.54) is 37.5 Å². The van der Waals surface area contributed by atoms with Gasteiger partial charge in [0.25, 0.3) is 0 Å². The number of amides is 2. The van der Waals surface area contributed by atoms with Crippen molar-refractivity contribution in [3.8, 4) is 0 Å². The molecule has 0 aliphatic heterocycles. The molecule has 6 nitrogen and oxygen atoms in total. The average molecular weight is 293 g/mol. The second kappa shape index (κ2) is 5.92. The van der Waals surface area contributed by atoms with E-state index >= 15 is 0 Å². The van der Waals surface area contributed by atoms with Gasteiger partial charge in [0.05, 0.1) is 6.54 Å². The maximum absolute atomic E-state index is 12.9. The van der Waals surface area contributed by atoms with E-state index in [9.17, 15) is 14.3 Å². The zero-order valence-electron chi connectivity index (χ0n) is 11.7. The summed E-state index contributed by atoms with van der Waals surface area (Å²) in [7, 11) is 0. The Morgan fingerprint density at radius 3 is 2.67 bits per heavy atom. The van der Waals surface area contributed by atoms with Crippen LogP contribution in [0.2, 0.25) is 0 Å². The van der Waals surface area contributed by atoms with Gasteiger partial charge < -0.3 is 20.3 Å². The van der Waals surface area contributed by atoms with Gasteiger partial charge in [0.2, 0.25) is 0 Å². The predicted octanol–water partition coefficient (Wildman–Crippen LogP) is 2.15. The third kappa shape index (κ3) is 3.79. The lowest BCUT2D eigenvalue weighted by molar-refractivity contribution is 0.0599. The number of benzene rings is 1. The second-order valence-electron chi connectivity index (χ2n) is 4.90. The zero-order chi connectivity index (χ0) is 15.5. The molecule has 0 saturated carbocycles. The van der Waals surface area contributed by atoms with Crippen LogP contribution in [0.1, 0.15) is 18.2 Å². The van der Waals surface area contributed by atoms with Crippen LogP contribution in [0.25, 0.3) is 0 Å². The van der Waals surface area contributed by atoms with Gasteiger partial charge >= 0.3 is 6.03 Å². The normalized spacial score (nSPS) is 13.5. The number of aliphatic hydroxyl groups is 1. The van der Waals surface area contributed by atoms with Gasteiger partial charge in [-0.15, -0.1) is 0 Å². The van der Waals surface area contributed by atoms with E-state index < -0.39 is 11.6 Å². The molecule has 2 amide bonds. The third-order valence-corrected chi connectivity index (χ3v) is 3.06. The molecule has 112 valence electrons. The van der Waals surface area contributed by atoms with E-state index in [1.807, 2.05) is 0 Å². The van der Waals surface area contributed by atoms with Crippen LogP contribution >= 0.6 is 0 Å². The van der Waals surface area contributed by atoms with Gasteiger partial charge in [-0.05, 0) is 31.5 Å². The van der Waals surface area contributed by atoms with Crippen molar-refractivity contribution in [2.45, 2.75) is 19.4 Å². The number of carbonyl (C=O) groups excluding carboxylic acids is 1. The summed E-state index contributed by atoms with van der Waals surface area (Å²) in [4.78, 5) is 11.7. The van der Waals surface area contributed by atoms with Gasteiger partial charge in [-0.1, -0.05) is 17.3 Å². The van der Waals surface area contributed by atoms with Gasteiger partial charge in [0.15, 0.2) is 0 Å². The Bertz CT molecular complexity index is 623. The van der Waals surface area contributed by atoms with Crippen molar-refractivity contribution in [2.24, 2.45) is 0 Å². The van der Waals surface area contributed by atoms with Crippen LogP contribution in [0.5, 0.6) is 0 Å². The standard InChI is InChI=1S/C14H16FN3O3/c1-9-12(7-21-18-9)17-13(19)16-8-14(2,20)10-3-5-11(15)6-4-10/h3-7,20H,8H2,1-2H3,(H2,16,17,19). The highest BCUT2D eigenvalue weighted by molar-refractivity contribution is 5.89. The van der Waals surface area contributed by atoms with E-state index in [2.05, 4.69) is 15.8 Å². The van der Waals surface area contributed by atoms with Crippen molar-refractivity contribution in [3.05, 3.63) is 47.6 Å². The van der Waals surface area contributed by atoms with E-state index in [0.717, 1.165) is 0 Å². The molecule has 0 radical (unpaired) electrons. The van der Waals surface area contributed by atoms with Crippen molar-refractivity contribution in [2.75, 3.05) is 11.9 Å². The molecule has 1 unspecified atom stereocenters. The Hall–Kier alpha value is -2.41. The van der Waals surface area contributed by atoms with E-state index in [-0.39, 0.29) is 12.4 Å². The first-order valence-corrected chi connectivity index (χ1v) is 6.33. The van der Waals surface area contributed by atoms with Crippen molar-refractivity contribution >= 4 is 11.7 Å². The summed E-state index contributed by atoms with van der Waals surface area (Å²) in [6, 6.07) is 4.95. The van der Waals surface area contributed by atoms with E-state index in [4.69, 9.17) is 4.52 Å². The molecule has 2 rings (SSSR count). The first kappa shape index (κ1) is 15.0. The number of urea groups is 1. The van der Waals surface area contributed by atoms with Crippen LogP contribution in [-0.2, 0) is 5.60 Å². The van der Waals surface area contributed by atoms with Crippen molar-refractivity contribution < 1.29 is 18.8 Å². The summed E-state index contributed by atoms with van der Waals surface area (Å²) in [6.07, 6.45) is 1.31. The quantitative estimate of drug-likeness (QED) is 0.806. The number of rotatable bonds is 4. The average Bonchev–Trinajstić information content (AvgIpc) is 2.83. The van der Waals surface area contributed by atoms with Gasteiger partial charge in [-0.25, -0.2) is 9.18 Å². The Morgan fingerprint density at radius 1 is 1.43 bits per heavy atom. The molecule has 21 heavy (non-hydrogen) atoms. The zero-order valence-corrected chi connectivity index (χ0v) is 11.7. The molecule has 0 aliphatic carbocycles. The first-order valence-electron chi connectivity index (χ1n) is 6.33. The summed E-state index contributed by atoms with van der Waals surface area (Å²) in [5, 5.41) is 19.0. The van der Waals surface area contributed by atoms with Crippen LogP contribution in [0, 0.1) is 12.7 Å². The molecule has 0 bridgehead atoms. The van der Waals surface area contributed by atoms with Crippen molar-refractivity contribution in [3.63, 3.8) is 0 Å². The number of hydrogen-bond acceptors (Lipinski definition) is 4. The number of halogens is 1. The summed E-state index contributed by atoms with van der Waals surface area (Å²) in [5.74, 6) is -0.386. The number of carbonyl (C=O) groups is 1. The number of anilines is 1. The highest BCUT2D eigenvalue weighted by Gasteiger charge is 2.24. The third-order valence-electron chi connectivity index (χ3n) is 3.06. The molecule has 0 fully saturated rings. The molecular weight excluding hydrogens is 277 g/mol. The minimum absolute atomic E-state index is 0.0329. The molecule has 0 saturated heterocycles.